The van der Waals surface area contributed by atoms with Crippen molar-refractivity contribution in [1.29, 1.82) is 0 Å². The van der Waals surface area contributed by atoms with Crippen molar-refractivity contribution in [2.75, 3.05) is 19.1 Å². The maximum absolute atomic E-state index is 13.5. The third-order valence-electron chi connectivity index (χ3n) is 6.19. The van der Waals surface area contributed by atoms with Crippen LogP contribution in [0.4, 0.5) is 5.69 Å². The van der Waals surface area contributed by atoms with Gasteiger partial charge in [0.25, 0.3) is 11.7 Å². The number of carbonyl (C=O) groups excluding carboxylic acids is 2. The molecule has 0 aromatic heterocycles. The van der Waals surface area contributed by atoms with Crippen LogP contribution in [0.5, 0.6) is 11.5 Å². The van der Waals surface area contributed by atoms with Gasteiger partial charge in [-0.05, 0) is 49.2 Å². The molecule has 180 valence electrons. The number of Topliss-reactive ketones (excluding diaryl/α,β-unsaturated/α-hetero) is 1. The van der Waals surface area contributed by atoms with Crippen LogP contribution in [-0.2, 0) is 9.59 Å². The molecule has 1 unspecified atom stereocenters. The Morgan fingerprint density at radius 2 is 1.60 bits per heavy atom. The Bertz CT molecular complexity index is 1360. The first-order valence-electron chi connectivity index (χ1n) is 10.7. The van der Waals surface area contributed by atoms with Crippen molar-refractivity contribution in [3.8, 4) is 11.5 Å². The van der Waals surface area contributed by atoms with Crippen molar-refractivity contribution < 1.29 is 24.2 Å². The zero-order chi connectivity index (χ0) is 25.4. The largest absolute Gasteiger partial charge is 0.507 e. The number of ether oxygens (including phenoxy) is 2. The van der Waals surface area contributed by atoms with E-state index in [1.165, 1.54) is 31.3 Å². The molecule has 35 heavy (non-hydrogen) atoms. The number of ketones is 1. The van der Waals surface area contributed by atoms with Crippen LogP contribution in [-0.4, -0.2) is 31.0 Å². The molecule has 0 spiro atoms. The lowest BCUT2D eigenvalue weighted by molar-refractivity contribution is -0.132. The predicted octanol–water partition coefficient (Wildman–Crippen LogP) is 6.25. The maximum Gasteiger partial charge on any atom is 0.300 e. The fourth-order valence-electron chi connectivity index (χ4n) is 4.31. The van der Waals surface area contributed by atoms with Gasteiger partial charge in [-0.15, -0.1) is 0 Å². The van der Waals surface area contributed by atoms with Gasteiger partial charge < -0.3 is 14.6 Å². The predicted molar refractivity (Wildman–Crippen MR) is 137 cm³/mol. The van der Waals surface area contributed by atoms with E-state index in [1.54, 1.807) is 30.3 Å². The average molecular weight is 512 g/mol. The number of benzene rings is 3. The number of rotatable bonds is 5. The number of aryl methyl sites for hydroxylation is 1. The summed E-state index contributed by atoms with van der Waals surface area (Å²) in [6, 6.07) is 14.5. The Kier molecular flexibility index (Phi) is 6.79. The Balaban J connectivity index is 2.03. The van der Waals surface area contributed by atoms with E-state index in [0.717, 1.165) is 11.1 Å². The molecular weight excluding hydrogens is 489 g/mol. The molecular formula is C27H23Cl2NO5. The molecule has 1 heterocycles. The average Bonchev–Trinajstić information content (AvgIpc) is 3.10. The van der Waals surface area contributed by atoms with Crippen LogP contribution < -0.4 is 14.4 Å². The van der Waals surface area contributed by atoms with Crippen LogP contribution in [0.1, 0.15) is 28.3 Å². The van der Waals surface area contributed by atoms with Gasteiger partial charge in [0.15, 0.2) is 5.75 Å². The molecule has 3 aromatic rings. The van der Waals surface area contributed by atoms with Crippen molar-refractivity contribution in [2.45, 2.75) is 19.9 Å². The maximum atomic E-state index is 13.5. The molecule has 4 rings (SSSR count). The minimum absolute atomic E-state index is 0.0993. The van der Waals surface area contributed by atoms with Gasteiger partial charge in [-0.1, -0.05) is 53.5 Å². The number of halogens is 2. The van der Waals surface area contributed by atoms with E-state index in [2.05, 4.69) is 0 Å². The molecule has 0 radical (unpaired) electrons. The van der Waals surface area contributed by atoms with E-state index in [4.69, 9.17) is 32.7 Å². The zero-order valence-electron chi connectivity index (χ0n) is 19.6. The number of aliphatic hydroxyl groups excluding tert-OH is 1. The molecule has 1 amide bonds. The number of aliphatic hydroxyl groups is 1. The lowest BCUT2D eigenvalue weighted by Gasteiger charge is -2.28. The fraction of sp³-hybridized carbons (Fsp3) is 0.185. The van der Waals surface area contributed by atoms with Gasteiger partial charge in [-0.3, -0.25) is 14.5 Å². The molecule has 3 aromatic carbocycles. The van der Waals surface area contributed by atoms with E-state index >= 15 is 0 Å². The lowest BCUT2D eigenvalue weighted by atomic mass is 9.94. The first-order chi connectivity index (χ1) is 16.7. The molecule has 0 aliphatic carbocycles. The summed E-state index contributed by atoms with van der Waals surface area (Å²) in [6.07, 6.45) is 0. The summed E-state index contributed by atoms with van der Waals surface area (Å²) in [6.45, 7) is 3.81. The second kappa shape index (κ2) is 9.64. The molecule has 1 aliphatic rings. The quantitative estimate of drug-likeness (QED) is 0.248. The number of anilines is 1. The number of para-hydroxylation sites is 1. The number of carbonyl (C=O) groups is 2. The summed E-state index contributed by atoms with van der Waals surface area (Å²) in [5, 5.41) is 11.7. The topological polar surface area (TPSA) is 76.1 Å². The Hall–Kier alpha value is -3.48. The molecule has 1 saturated heterocycles. The van der Waals surface area contributed by atoms with Gasteiger partial charge in [0.05, 0.1) is 35.9 Å². The first-order valence-corrected chi connectivity index (χ1v) is 11.5. The zero-order valence-corrected chi connectivity index (χ0v) is 21.1. The van der Waals surface area contributed by atoms with Crippen molar-refractivity contribution in [3.63, 3.8) is 0 Å². The molecule has 6 nitrogen and oxygen atoms in total. The highest BCUT2D eigenvalue weighted by Crippen LogP contribution is 2.46. The summed E-state index contributed by atoms with van der Waals surface area (Å²) in [5.74, 6) is -1.30. The monoisotopic (exact) mass is 511 g/mol. The van der Waals surface area contributed by atoms with Crippen molar-refractivity contribution in [1.82, 2.24) is 0 Å². The van der Waals surface area contributed by atoms with Gasteiger partial charge in [0.2, 0.25) is 0 Å². The van der Waals surface area contributed by atoms with E-state index in [1.807, 2.05) is 26.0 Å². The first kappa shape index (κ1) is 24.6. The highest BCUT2D eigenvalue weighted by molar-refractivity contribution is 6.52. The van der Waals surface area contributed by atoms with Gasteiger partial charge >= 0.3 is 0 Å². The molecule has 1 atom stereocenters. The number of methoxy groups -OCH3 is 2. The number of nitrogens with zero attached hydrogens (tertiary/aromatic N) is 1. The fourth-order valence-corrected chi connectivity index (χ4v) is 4.95. The van der Waals surface area contributed by atoms with Crippen LogP contribution in [0.15, 0.2) is 60.2 Å². The van der Waals surface area contributed by atoms with Gasteiger partial charge in [-0.2, -0.15) is 0 Å². The van der Waals surface area contributed by atoms with Crippen LogP contribution >= 0.6 is 23.2 Å². The van der Waals surface area contributed by atoms with Crippen molar-refractivity contribution in [3.05, 3.63) is 92.5 Å². The third kappa shape index (κ3) is 4.13. The van der Waals surface area contributed by atoms with E-state index in [0.29, 0.717) is 17.0 Å². The van der Waals surface area contributed by atoms with Gasteiger partial charge in [-0.25, -0.2) is 0 Å². The van der Waals surface area contributed by atoms with Crippen LogP contribution in [0.3, 0.4) is 0 Å². The Morgan fingerprint density at radius 1 is 0.943 bits per heavy atom. The van der Waals surface area contributed by atoms with E-state index < -0.39 is 23.5 Å². The highest BCUT2D eigenvalue weighted by Gasteiger charge is 2.48. The Morgan fingerprint density at radius 3 is 2.23 bits per heavy atom. The SMILES string of the molecule is COc1ccccc1C1/C(=C(\O)c2cc(Cl)c(OC)c(Cl)c2)C(=O)C(=O)N1c1cccc(C)c1C. The van der Waals surface area contributed by atoms with Crippen LogP contribution in [0.25, 0.3) is 5.76 Å². The Labute approximate surface area is 213 Å². The van der Waals surface area contributed by atoms with Gasteiger partial charge in [0.1, 0.15) is 11.5 Å². The van der Waals surface area contributed by atoms with Crippen LogP contribution in [0, 0.1) is 13.8 Å². The minimum Gasteiger partial charge on any atom is -0.507 e. The summed E-state index contributed by atoms with van der Waals surface area (Å²) in [7, 11) is 2.93. The standard InChI is InChI=1S/C27H23Cl2NO5/c1-14-8-7-10-20(15(14)2)30-23(17-9-5-6-11-21(17)34-3)22(25(32)27(30)33)24(31)16-12-18(28)26(35-4)19(29)13-16/h5-13,23,31H,1-4H3/b24-22+. The molecule has 8 heteroatoms. The third-order valence-corrected chi connectivity index (χ3v) is 6.75. The molecule has 0 bridgehead atoms. The number of amides is 1. The van der Waals surface area contributed by atoms with E-state index in [-0.39, 0.29) is 26.9 Å². The highest BCUT2D eigenvalue weighted by atomic mass is 35.5. The summed E-state index contributed by atoms with van der Waals surface area (Å²) in [4.78, 5) is 28.3. The summed E-state index contributed by atoms with van der Waals surface area (Å²) >= 11 is 12.6. The summed E-state index contributed by atoms with van der Waals surface area (Å²) < 4.78 is 10.7. The lowest BCUT2D eigenvalue weighted by Crippen LogP contribution is -2.30. The van der Waals surface area contributed by atoms with E-state index in [9.17, 15) is 14.7 Å². The molecule has 1 aliphatic heterocycles. The minimum atomic E-state index is -0.952. The number of hydrogen-bond donors (Lipinski definition) is 1. The number of hydrogen-bond acceptors (Lipinski definition) is 5. The smallest absolute Gasteiger partial charge is 0.300 e. The molecule has 1 N–H and O–H groups in total. The molecule has 1 fully saturated rings. The van der Waals surface area contributed by atoms with Crippen molar-refractivity contribution >= 4 is 46.3 Å². The van der Waals surface area contributed by atoms with Gasteiger partial charge in [0, 0.05) is 16.8 Å². The van der Waals surface area contributed by atoms with Crippen molar-refractivity contribution in [2.24, 2.45) is 0 Å². The normalized spacial score (nSPS) is 17.1. The second-order valence-electron chi connectivity index (χ2n) is 8.10. The second-order valence-corrected chi connectivity index (χ2v) is 8.92. The van der Waals surface area contributed by atoms with Crippen LogP contribution in [0.2, 0.25) is 10.0 Å². The molecule has 0 saturated carbocycles. The summed E-state index contributed by atoms with van der Waals surface area (Å²) in [5.41, 5.74) is 2.98.